The Balaban J connectivity index is 2.31. The molecule has 1 aliphatic heterocycles. The maximum atomic E-state index is 12.6. The minimum Gasteiger partial charge on any atom is -0.493 e. The summed E-state index contributed by atoms with van der Waals surface area (Å²) in [5.41, 5.74) is 0.505. The first-order valence-electron chi connectivity index (χ1n) is 8.35. The van der Waals surface area contributed by atoms with Crippen LogP contribution >= 0.6 is 27.7 Å². The molecule has 0 spiro atoms. The highest BCUT2D eigenvalue weighted by atomic mass is 79.9. The van der Waals surface area contributed by atoms with Crippen molar-refractivity contribution >= 4 is 56.9 Å². The topological polar surface area (TPSA) is 119 Å². The van der Waals surface area contributed by atoms with E-state index in [2.05, 4.69) is 15.9 Å². The first-order chi connectivity index (χ1) is 13.7. The second kappa shape index (κ2) is 9.79. The van der Waals surface area contributed by atoms with Gasteiger partial charge in [0.05, 0.1) is 23.1 Å². The van der Waals surface area contributed by atoms with Crippen molar-refractivity contribution in [1.29, 1.82) is 0 Å². The van der Waals surface area contributed by atoms with Gasteiger partial charge in [0.25, 0.3) is 11.1 Å². The maximum absolute atomic E-state index is 12.6. The van der Waals surface area contributed by atoms with Crippen LogP contribution in [0.3, 0.4) is 0 Å². The third kappa shape index (κ3) is 5.30. The van der Waals surface area contributed by atoms with E-state index < -0.39 is 35.7 Å². The highest BCUT2D eigenvalue weighted by molar-refractivity contribution is 9.10. The highest BCUT2D eigenvalue weighted by Gasteiger charge is 2.41. The van der Waals surface area contributed by atoms with Gasteiger partial charge >= 0.3 is 11.9 Å². The Bertz CT molecular complexity index is 885. The molecule has 2 amide bonds. The lowest BCUT2D eigenvalue weighted by Gasteiger charge is -2.19. The van der Waals surface area contributed by atoms with Crippen LogP contribution in [0, 0.1) is 0 Å². The molecule has 0 bridgehead atoms. The summed E-state index contributed by atoms with van der Waals surface area (Å²) in [4.78, 5) is 48.5. The van der Waals surface area contributed by atoms with Crippen LogP contribution in [0.1, 0.15) is 19.4 Å². The maximum Gasteiger partial charge on any atom is 0.341 e. The van der Waals surface area contributed by atoms with Crippen LogP contribution in [-0.2, 0) is 19.1 Å². The second-order valence-electron chi connectivity index (χ2n) is 5.70. The molecular formula is C18H18BrNO8S. The largest absolute Gasteiger partial charge is 0.493 e. The van der Waals surface area contributed by atoms with Crippen molar-refractivity contribution in [2.45, 2.75) is 19.9 Å². The minimum atomic E-state index is -1.15. The number of carboxylic acids is 1. The predicted molar refractivity (Wildman–Crippen MR) is 108 cm³/mol. The van der Waals surface area contributed by atoms with Crippen LogP contribution in [0.4, 0.5) is 4.79 Å². The molecule has 1 atom stereocenters. The van der Waals surface area contributed by atoms with E-state index in [9.17, 15) is 19.2 Å². The summed E-state index contributed by atoms with van der Waals surface area (Å²) < 4.78 is 15.7. The molecular weight excluding hydrogens is 470 g/mol. The summed E-state index contributed by atoms with van der Waals surface area (Å²) in [7, 11) is 1.38. The SMILES string of the molecule is CCOC(=O)C(C)N1C(=O)S/C(=C\c2cc(Br)c(OCC(=O)O)c(OC)c2)C1=O. The number of esters is 1. The summed E-state index contributed by atoms with van der Waals surface area (Å²) in [6, 6.07) is 2.08. The minimum absolute atomic E-state index is 0.124. The molecule has 29 heavy (non-hydrogen) atoms. The van der Waals surface area contributed by atoms with Gasteiger partial charge in [-0.15, -0.1) is 0 Å². The average molecular weight is 488 g/mol. The number of aliphatic carboxylic acids is 1. The molecule has 1 saturated heterocycles. The molecule has 0 saturated carbocycles. The smallest absolute Gasteiger partial charge is 0.341 e. The van der Waals surface area contributed by atoms with Gasteiger partial charge in [-0.25, -0.2) is 9.59 Å². The highest BCUT2D eigenvalue weighted by Crippen LogP contribution is 2.39. The van der Waals surface area contributed by atoms with E-state index >= 15 is 0 Å². The summed E-state index contributed by atoms with van der Waals surface area (Å²) in [6.45, 7) is 2.64. The van der Waals surface area contributed by atoms with Crippen LogP contribution in [-0.4, -0.2) is 59.5 Å². The van der Waals surface area contributed by atoms with E-state index in [0.717, 1.165) is 4.90 Å². The molecule has 0 radical (unpaired) electrons. The Kier molecular flexibility index (Phi) is 7.68. The summed E-state index contributed by atoms with van der Waals surface area (Å²) in [5, 5.41) is 8.19. The number of benzene rings is 1. The van der Waals surface area contributed by atoms with Crippen LogP contribution in [0.5, 0.6) is 11.5 Å². The molecule has 1 N–H and O–H groups in total. The van der Waals surface area contributed by atoms with E-state index in [1.807, 2.05) is 0 Å². The molecule has 1 aliphatic rings. The van der Waals surface area contributed by atoms with Gasteiger partial charge in [-0.3, -0.25) is 14.5 Å². The number of ether oxygens (including phenoxy) is 3. The molecule has 156 valence electrons. The fraction of sp³-hybridized carbons (Fsp3) is 0.333. The normalized spacial score (nSPS) is 16.1. The average Bonchev–Trinajstić information content (AvgIpc) is 2.93. The summed E-state index contributed by atoms with van der Waals surface area (Å²) >= 11 is 3.98. The Labute approximate surface area is 179 Å². The Morgan fingerprint density at radius 2 is 2.03 bits per heavy atom. The van der Waals surface area contributed by atoms with Crippen molar-refractivity contribution in [2.24, 2.45) is 0 Å². The fourth-order valence-electron chi connectivity index (χ4n) is 2.43. The lowest BCUT2D eigenvalue weighted by atomic mass is 10.1. The number of carbonyl (C=O) groups is 4. The van der Waals surface area contributed by atoms with E-state index in [1.165, 1.54) is 26.2 Å². The van der Waals surface area contributed by atoms with Gasteiger partial charge < -0.3 is 19.3 Å². The summed E-state index contributed by atoms with van der Waals surface area (Å²) in [6.07, 6.45) is 1.47. The second-order valence-corrected chi connectivity index (χ2v) is 7.54. The van der Waals surface area contributed by atoms with Gasteiger partial charge in [-0.1, -0.05) is 0 Å². The Morgan fingerprint density at radius 1 is 1.34 bits per heavy atom. The van der Waals surface area contributed by atoms with Crippen LogP contribution in [0.2, 0.25) is 0 Å². The van der Waals surface area contributed by atoms with Gasteiger partial charge in [0.15, 0.2) is 18.1 Å². The van der Waals surface area contributed by atoms with Gasteiger partial charge in [-0.2, -0.15) is 0 Å². The zero-order valence-electron chi connectivity index (χ0n) is 15.8. The summed E-state index contributed by atoms with van der Waals surface area (Å²) in [5.74, 6) is -1.99. The van der Waals surface area contributed by atoms with E-state index in [1.54, 1.807) is 13.0 Å². The molecule has 9 nitrogen and oxygen atoms in total. The number of rotatable bonds is 8. The van der Waals surface area contributed by atoms with Crippen molar-refractivity contribution in [3.8, 4) is 11.5 Å². The van der Waals surface area contributed by atoms with Crippen molar-refractivity contribution in [3.05, 3.63) is 27.1 Å². The number of carbonyl (C=O) groups excluding carboxylic acids is 3. The molecule has 0 aromatic heterocycles. The van der Waals surface area contributed by atoms with E-state index in [4.69, 9.17) is 19.3 Å². The van der Waals surface area contributed by atoms with Crippen molar-refractivity contribution in [1.82, 2.24) is 4.90 Å². The predicted octanol–water partition coefficient (Wildman–Crippen LogP) is 2.91. The number of hydrogen-bond donors (Lipinski definition) is 1. The number of halogens is 1. The number of thioether (sulfide) groups is 1. The Hall–Kier alpha value is -2.53. The standard InChI is InChI=1S/C18H18BrNO8S/c1-4-27-17(24)9(2)20-16(23)13(29-18(20)25)7-10-5-11(19)15(12(6-10)26-3)28-8-14(21)22/h5-7,9H,4,8H2,1-3H3,(H,21,22)/b13-7-. The van der Waals surface area contributed by atoms with Gasteiger partial charge in [0.1, 0.15) is 6.04 Å². The van der Waals surface area contributed by atoms with Crippen LogP contribution in [0.15, 0.2) is 21.5 Å². The van der Waals surface area contributed by atoms with E-state index in [0.29, 0.717) is 21.8 Å². The molecule has 1 heterocycles. The number of imide groups is 1. The quantitative estimate of drug-likeness (QED) is 0.435. The first-order valence-corrected chi connectivity index (χ1v) is 9.96. The number of hydrogen-bond acceptors (Lipinski definition) is 8. The number of nitrogens with zero attached hydrogens (tertiary/aromatic N) is 1. The third-order valence-corrected chi connectivity index (χ3v) is 5.20. The number of carboxylic acid groups (broad SMARTS) is 1. The third-order valence-electron chi connectivity index (χ3n) is 3.73. The fourth-order valence-corrected chi connectivity index (χ4v) is 3.91. The van der Waals surface area contributed by atoms with Gasteiger partial charge in [0.2, 0.25) is 0 Å². The van der Waals surface area contributed by atoms with E-state index in [-0.39, 0.29) is 23.0 Å². The van der Waals surface area contributed by atoms with Gasteiger partial charge in [0, 0.05) is 0 Å². The van der Waals surface area contributed by atoms with Crippen molar-refractivity contribution in [2.75, 3.05) is 20.3 Å². The van der Waals surface area contributed by atoms with Crippen molar-refractivity contribution in [3.63, 3.8) is 0 Å². The molecule has 2 rings (SSSR count). The lowest BCUT2D eigenvalue weighted by Crippen LogP contribution is -2.42. The molecule has 1 aromatic carbocycles. The lowest BCUT2D eigenvalue weighted by molar-refractivity contribution is -0.150. The molecule has 1 aromatic rings. The monoisotopic (exact) mass is 487 g/mol. The van der Waals surface area contributed by atoms with Crippen LogP contribution < -0.4 is 9.47 Å². The molecule has 1 fully saturated rings. The number of methoxy groups -OCH3 is 1. The zero-order chi connectivity index (χ0) is 21.7. The zero-order valence-corrected chi connectivity index (χ0v) is 18.2. The number of amides is 2. The molecule has 1 unspecified atom stereocenters. The Morgan fingerprint density at radius 3 is 2.62 bits per heavy atom. The molecule has 0 aliphatic carbocycles. The van der Waals surface area contributed by atoms with Gasteiger partial charge in [-0.05, 0) is 65.3 Å². The van der Waals surface area contributed by atoms with Crippen LogP contribution in [0.25, 0.3) is 6.08 Å². The van der Waals surface area contributed by atoms with Crippen molar-refractivity contribution < 1.29 is 38.5 Å². The first kappa shape index (κ1) is 22.8. The molecule has 11 heteroatoms.